The summed E-state index contributed by atoms with van der Waals surface area (Å²) in [6.07, 6.45) is 7.22. The summed E-state index contributed by atoms with van der Waals surface area (Å²) in [5.74, 6) is 0.0277. The van der Waals surface area contributed by atoms with Crippen molar-refractivity contribution in [2.24, 2.45) is 4.99 Å². The SMILES string of the molecule is CCC(CCS(=O)(=O)C(C)O)N=C1CCCCC1. The third-order valence-corrected chi connectivity index (χ3v) is 5.37. The van der Waals surface area contributed by atoms with Gasteiger partial charge in [-0.25, -0.2) is 8.42 Å². The van der Waals surface area contributed by atoms with Crippen molar-refractivity contribution < 1.29 is 13.5 Å². The van der Waals surface area contributed by atoms with Crippen LogP contribution in [-0.4, -0.2) is 36.5 Å². The van der Waals surface area contributed by atoms with E-state index in [1.165, 1.54) is 31.9 Å². The maximum Gasteiger partial charge on any atom is 0.176 e. The molecule has 1 fully saturated rings. The van der Waals surface area contributed by atoms with Gasteiger partial charge in [-0.1, -0.05) is 13.3 Å². The largest absolute Gasteiger partial charge is 0.377 e. The number of nitrogens with zero attached hydrogens (tertiary/aromatic N) is 1. The lowest BCUT2D eigenvalue weighted by atomic mass is 9.98. The van der Waals surface area contributed by atoms with Gasteiger partial charge < -0.3 is 5.11 Å². The Morgan fingerprint density at radius 1 is 1.28 bits per heavy atom. The fourth-order valence-electron chi connectivity index (χ4n) is 2.18. The van der Waals surface area contributed by atoms with Crippen LogP contribution in [0.5, 0.6) is 0 Å². The Morgan fingerprint density at radius 3 is 2.39 bits per heavy atom. The Kier molecular flexibility index (Phi) is 6.29. The summed E-state index contributed by atoms with van der Waals surface area (Å²) in [6.45, 7) is 3.34. The van der Waals surface area contributed by atoms with Gasteiger partial charge in [-0.2, -0.15) is 0 Å². The van der Waals surface area contributed by atoms with Crippen molar-refractivity contribution >= 4 is 15.5 Å². The summed E-state index contributed by atoms with van der Waals surface area (Å²) in [7, 11) is -3.36. The predicted molar refractivity (Wildman–Crippen MR) is 74.7 cm³/mol. The van der Waals surface area contributed by atoms with Gasteiger partial charge in [-0.05, 0) is 45.4 Å². The Balaban J connectivity index is 2.52. The van der Waals surface area contributed by atoms with E-state index >= 15 is 0 Å². The van der Waals surface area contributed by atoms with E-state index in [4.69, 9.17) is 5.11 Å². The molecule has 1 rings (SSSR count). The fourth-order valence-corrected chi connectivity index (χ4v) is 3.12. The molecule has 0 bridgehead atoms. The highest BCUT2D eigenvalue weighted by Crippen LogP contribution is 2.17. The van der Waals surface area contributed by atoms with Gasteiger partial charge in [0.05, 0.1) is 11.8 Å². The maximum absolute atomic E-state index is 11.5. The number of sulfone groups is 1. The van der Waals surface area contributed by atoms with Crippen molar-refractivity contribution in [3.8, 4) is 0 Å². The van der Waals surface area contributed by atoms with Gasteiger partial charge in [0.2, 0.25) is 0 Å². The lowest BCUT2D eigenvalue weighted by Crippen LogP contribution is -2.23. The molecule has 0 spiro atoms. The lowest BCUT2D eigenvalue weighted by molar-refractivity contribution is 0.268. The van der Waals surface area contributed by atoms with E-state index in [0.717, 1.165) is 19.3 Å². The molecule has 1 N–H and O–H groups in total. The third-order valence-electron chi connectivity index (χ3n) is 3.52. The van der Waals surface area contributed by atoms with E-state index in [1.807, 2.05) is 6.92 Å². The van der Waals surface area contributed by atoms with Crippen LogP contribution in [0.2, 0.25) is 0 Å². The fraction of sp³-hybridized carbons (Fsp3) is 0.923. The number of aliphatic imine (C=N–C) groups is 1. The van der Waals surface area contributed by atoms with Crippen molar-refractivity contribution in [1.29, 1.82) is 0 Å². The highest BCUT2D eigenvalue weighted by molar-refractivity contribution is 7.91. The van der Waals surface area contributed by atoms with E-state index in [1.54, 1.807) is 0 Å². The van der Waals surface area contributed by atoms with Crippen LogP contribution in [0.25, 0.3) is 0 Å². The third kappa shape index (κ3) is 5.06. The van der Waals surface area contributed by atoms with Crippen LogP contribution in [0.4, 0.5) is 0 Å². The molecule has 0 aliphatic heterocycles. The quantitative estimate of drug-likeness (QED) is 0.809. The first-order valence-corrected chi connectivity index (χ1v) is 8.62. The molecule has 0 aromatic carbocycles. The maximum atomic E-state index is 11.5. The van der Waals surface area contributed by atoms with E-state index in [9.17, 15) is 8.42 Å². The Bertz CT molecular complexity index is 366. The monoisotopic (exact) mass is 275 g/mol. The molecule has 0 aromatic rings. The second kappa shape index (κ2) is 7.24. The lowest BCUT2D eigenvalue weighted by Gasteiger charge is -2.17. The van der Waals surface area contributed by atoms with Crippen LogP contribution in [0, 0.1) is 0 Å². The second-order valence-corrected chi connectivity index (χ2v) is 7.49. The van der Waals surface area contributed by atoms with Crippen molar-refractivity contribution in [2.75, 3.05) is 5.75 Å². The van der Waals surface area contributed by atoms with Crippen LogP contribution in [0.1, 0.15) is 58.8 Å². The molecule has 4 nitrogen and oxygen atoms in total. The molecule has 0 radical (unpaired) electrons. The molecule has 0 amide bonds. The molecular weight excluding hydrogens is 250 g/mol. The minimum Gasteiger partial charge on any atom is -0.377 e. The summed E-state index contributed by atoms with van der Waals surface area (Å²) >= 11 is 0. The molecule has 1 saturated carbocycles. The van der Waals surface area contributed by atoms with Gasteiger partial charge in [-0.3, -0.25) is 4.99 Å². The van der Waals surface area contributed by atoms with Crippen LogP contribution < -0.4 is 0 Å². The zero-order valence-electron chi connectivity index (χ0n) is 11.4. The first-order valence-electron chi connectivity index (χ1n) is 6.91. The molecule has 2 atom stereocenters. The number of hydrogen-bond donors (Lipinski definition) is 1. The second-order valence-electron chi connectivity index (χ2n) is 5.07. The number of rotatable bonds is 6. The highest BCUT2D eigenvalue weighted by atomic mass is 32.2. The van der Waals surface area contributed by atoms with Gasteiger partial charge in [-0.15, -0.1) is 0 Å². The molecule has 5 heteroatoms. The van der Waals surface area contributed by atoms with E-state index in [2.05, 4.69) is 4.99 Å². The van der Waals surface area contributed by atoms with Crippen LogP contribution >= 0.6 is 0 Å². The molecule has 0 saturated heterocycles. The summed E-state index contributed by atoms with van der Waals surface area (Å²) in [4.78, 5) is 4.69. The smallest absolute Gasteiger partial charge is 0.176 e. The minimum absolute atomic E-state index is 0.0277. The van der Waals surface area contributed by atoms with E-state index in [-0.39, 0.29) is 11.8 Å². The number of aliphatic hydroxyl groups is 1. The average Bonchev–Trinajstić information content (AvgIpc) is 2.35. The first kappa shape index (κ1) is 15.6. The summed E-state index contributed by atoms with van der Waals surface area (Å²) < 4.78 is 23.1. The van der Waals surface area contributed by atoms with Crippen molar-refractivity contribution in [3.05, 3.63) is 0 Å². The predicted octanol–water partition coefficient (Wildman–Crippen LogP) is 2.31. The molecule has 106 valence electrons. The number of aliphatic hydroxyl groups excluding tert-OH is 1. The van der Waals surface area contributed by atoms with Crippen molar-refractivity contribution in [2.45, 2.75) is 70.3 Å². The molecule has 0 aromatic heterocycles. The summed E-state index contributed by atoms with van der Waals surface area (Å²) in [6, 6.07) is 0.0895. The number of hydrogen-bond acceptors (Lipinski definition) is 4. The van der Waals surface area contributed by atoms with Crippen LogP contribution in [-0.2, 0) is 9.84 Å². The summed E-state index contributed by atoms with van der Waals surface area (Å²) in [5, 5.41) is 9.16. The van der Waals surface area contributed by atoms with Crippen molar-refractivity contribution in [1.82, 2.24) is 0 Å². The Labute approximate surface area is 110 Å². The van der Waals surface area contributed by atoms with Crippen LogP contribution in [0.3, 0.4) is 0 Å². The standard InChI is InChI=1S/C13H25NO3S/c1-3-12(9-10-18(16,17)11(2)15)14-13-7-5-4-6-8-13/h11-12,15H,3-10H2,1-2H3. The Hall–Kier alpha value is -0.420. The van der Waals surface area contributed by atoms with Gasteiger partial charge in [0.25, 0.3) is 0 Å². The molecule has 1 aliphatic rings. The first-order chi connectivity index (χ1) is 8.45. The molecular formula is C13H25NO3S. The van der Waals surface area contributed by atoms with Crippen LogP contribution in [0.15, 0.2) is 4.99 Å². The normalized spacial score (nSPS) is 20.5. The summed E-state index contributed by atoms with van der Waals surface area (Å²) in [5.41, 5.74) is -0.0140. The van der Waals surface area contributed by atoms with Gasteiger partial charge in [0.15, 0.2) is 15.3 Å². The zero-order valence-corrected chi connectivity index (χ0v) is 12.2. The molecule has 18 heavy (non-hydrogen) atoms. The minimum atomic E-state index is -3.36. The zero-order chi connectivity index (χ0) is 13.6. The van der Waals surface area contributed by atoms with E-state index in [0.29, 0.717) is 6.42 Å². The topological polar surface area (TPSA) is 66.7 Å². The molecule has 1 aliphatic carbocycles. The van der Waals surface area contributed by atoms with Gasteiger partial charge >= 0.3 is 0 Å². The van der Waals surface area contributed by atoms with Gasteiger partial charge in [0, 0.05) is 5.71 Å². The molecule has 0 heterocycles. The van der Waals surface area contributed by atoms with Gasteiger partial charge in [0.1, 0.15) is 0 Å². The molecule has 2 unspecified atom stereocenters. The highest BCUT2D eigenvalue weighted by Gasteiger charge is 2.20. The average molecular weight is 275 g/mol. The van der Waals surface area contributed by atoms with Crippen molar-refractivity contribution in [3.63, 3.8) is 0 Å². The van der Waals surface area contributed by atoms with E-state index < -0.39 is 15.3 Å². The Morgan fingerprint density at radius 2 is 1.89 bits per heavy atom.